The second-order valence-corrected chi connectivity index (χ2v) is 5.47. The molecule has 2 aromatic rings. The Kier molecular flexibility index (Phi) is 4.32. The van der Waals surface area contributed by atoms with Gasteiger partial charge in [-0.1, -0.05) is 25.4 Å². The van der Waals surface area contributed by atoms with Crippen LogP contribution in [0, 0.1) is 13.8 Å². The van der Waals surface area contributed by atoms with Gasteiger partial charge in [-0.2, -0.15) is 5.10 Å². The summed E-state index contributed by atoms with van der Waals surface area (Å²) in [7, 11) is 0. The Labute approximate surface area is 118 Å². The SMILES string of the molecule is Cc1oc(CNC(C)C)cc1Cn1ncc(Cl)c1C. The van der Waals surface area contributed by atoms with Crippen LogP contribution < -0.4 is 5.32 Å². The Morgan fingerprint density at radius 1 is 1.42 bits per heavy atom. The van der Waals surface area contributed by atoms with E-state index in [2.05, 4.69) is 30.3 Å². The molecular formula is C14H20ClN3O. The molecule has 2 aromatic heterocycles. The lowest BCUT2D eigenvalue weighted by molar-refractivity contribution is 0.445. The van der Waals surface area contributed by atoms with Crippen molar-refractivity contribution in [3.05, 3.63) is 40.1 Å². The lowest BCUT2D eigenvalue weighted by atomic mass is 10.2. The van der Waals surface area contributed by atoms with Crippen LogP contribution in [0.15, 0.2) is 16.7 Å². The summed E-state index contributed by atoms with van der Waals surface area (Å²) in [6.45, 7) is 9.62. The summed E-state index contributed by atoms with van der Waals surface area (Å²) in [5, 5.41) is 8.30. The third kappa shape index (κ3) is 3.39. The molecule has 0 spiro atoms. The van der Waals surface area contributed by atoms with Gasteiger partial charge in [0.2, 0.25) is 0 Å². The highest BCUT2D eigenvalue weighted by atomic mass is 35.5. The van der Waals surface area contributed by atoms with Crippen molar-refractivity contribution < 1.29 is 4.42 Å². The molecule has 4 nitrogen and oxygen atoms in total. The fourth-order valence-corrected chi connectivity index (χ4v) is 2.02. The molecule has 19 heavy (non-hydrogen) atoms. The molecule has 5 heteroatoms. The normalized spacial score (nSPS) is 11.5. The highest BCUT2D eigenvalue weighted by Gasteiger charge is 2.11. The van der Waals surface area contributed by atoms with Crippen LogP contribution in [0.3, 0.4) is 0 Å². The van der Waals surface area contributed by atoms with Crippen LogP contribution in [-0.2, 0) is 13.1 Å². The van der Waals surface area contributed by atoms with Crippen LogP contribution in [0.5, 0.6) is 0 Å². The van der Waals surface area contributed by atoms with Crippen molar-refractivity contribution in [3.8, 4) is 0 Å². The molecule has 1 N–H and O–H groups in total. The standard InChI is InChI=1S/C14H20ClN3O/c1-9(2)16-6-13-5-12(11(4)19-13)8-18-10(3)14(15)7-17-18/h5,7,9,16H,6,8H2,1-4H3. The second-order valence-electron chi connectivity index (χ2n) is 5.07. The van der Waals surface area contributed by atoms with Crippen LogP contribution in [0.2, 0.25) is 5.02 Å². The Morgan fingerprint density at radius 3 is 2.74 bits per heavy atom. The number of furan rings is 1. The van der Waals surface area contributed by atoms with Crippen LogP contribution >= 0.6 is 11.6 Å². The zero-order valence-electron chi connectivity index (χ0n) is 11.8. The molecule has 0 aliphatic heterocycles. The molecule has 0 bridgehead atoms. The van der Waals surface area contributed by atoms with Gasteiger partial charge in [-0.15, -0.1) is 0 Å². The van der Waals surface area contributed by atoms with E-state index in [0.29, 0.717) is 17.6 Å². The number of aryl methyl sites for hydroxylation is 1. The van der Waals surface area contributed by atoms with Crippen LogP contribution in [-0.4, -0.2) is 15.8 Å². The van der Waals surface area contributed by atoms with Crippen molar-refractivity contribution in [2.45, 2.75) is 46.8 Å². The minimum absolute atomic E-state index is 0.445. The van der Waals surface area contributed by atoms with Gasteiger partial charge in [0.15, 0.2) is 0 Å². The number of hydrogen-bond acceptors (Lipinski definition) is 3. The first-order valence-electron chi connectivity index (χ1n) is 6.47. The molecule has 104 valence electrons. The predicted molar refractivity (Wildman–Crippen MR) is 76.5 cm³/mol. The van der Waals surface area contributed by atoms with Gasteiger partial charge < -0.3 is 9.73 Å². The maximum atomic E-state index is 6.01. The van der Waals surface area contributed by atoms with E-state index in [1.54, 1.807) is 6.20 Å². The molecule has 2 rings (SSSR count). The molecular weight excluding hydrogens is 262 g/mol. The van der Waals surface area contributed by atoms with Crippen molar-refractivity contribution in [1.82, 2.24) is 15.1 Å². The smallest absolute Gasteiger partial charge is 0.118 e. The molecule has 0 amide bonds. The zero-order chi connectivity index (χ0) is 14.0. The highest BCUT2D eigenvalue weighted by molar-refractivity contribution is 6.31. The van der Waals surface area contributed by atoms with Gasteiger partial charge >= 0.3 is 0 Å². The lowest BCUT2D eigenvalue weighted by Crippen LogP contribution is -2.21. The fourth-order valence-electron chi connectivity index (χ4n) is 1.88. The van der Waals surface area contributed by atoms with Crippen LogP contribution in [0.4, 0.5) is 0 Å². The van der Waals surface area contributed by atoms with Crippen molar-refractivity contribution >= 4 is 11.6 Å². The maximum absolute atomic E-state index is 6.01. The summed E-state index contributed by atoms with van der Waals surface area (Å²) < 4.78 is 7.64. The molecule has 0 saturated carbocycles. The van der Waals surface area contributed by atoms with E-state index in [-0.39, 0.29) is 0 Å². The van der Waals surface area contributed by atoms with Crippen molar-refractivity contribution in [2.75, 3.05) is 0 Å². The third-order valence-electron chi connectivity index (χ3n) is 3.12. The quantitative estimate of drug-likeness (QED) is 0.914. The van der Waals surface area contributed by atoms with Gasteiger partial charge in [-0.3, -0.25) is 4.68 Å². The topological polar surface area (TPSA) is 43.0 Å². The summed E-state index contributed by atoms with van der Waals surface area (Å²) >= 11 is 6.01. The summed E-state index contributed by atoms with van der Waals surface area (Å²) in [4.78, 5) is 0. The minimum atomic E-state index is 0.445. The first-order valence-corrected chi connectivity index (χ1v) is 6.84. The van der Waals surface area contributed by atoms with Gasteiger partial charge in [0.05, 0.1) is 30.0 Å². The first-order chi connectivity index (χ1) is 8.97. The number of halogens is 1. The Bertz CT molecular complexity index is 557. The Hall–Kier alpha value is -1.26. The van der Waals surface area contributed by atoms with Crippen molar-refractivity contribution in [1.29, 1.82) is 0 Å². The molecule has 0 aliphatic rings. The molecule has 0 atom stereocenters. The molecule has 0 fully saturated rings. The highest BCUT2D eigenvalue weighted by Crippen LogP contribution is 2.19. The van der Waals surface area contributed by atoms with Gasteiger partial charge in [0.1, 0.15) is 11.5 Å². The number of nitrogens with zero attached hydrogens (tertiary/aromatic N) is 2. The average molecular weight is 282 g/mol. The largest absolute Gasteiger partial charge is 0.465 e. The van der Waals surface area contributed by atoms with Crippen LogP contribution in [0.1, 0.15) is 36.6 Å². The van der Waals surface area contributed by atoms with Gasteiger partial charge in [0, 0.05) is 11.6 Å². The molecule has 0 radical (unpaired) electrons. The number of hydrogen-bond donors (Lipinski definition) is 1. The first kappa shape index (κ1) is 14.2. The van der Waals surface area contributed by atoms with Crippen LogP contribution in [0.25, 0.3) is 0 Å². The molecule has 0 saturated heterocycles. The average Bonchev–Trinajstić information content (AvgIpc) is 2.85. The lowest BCUT2D eigenvalue weighted by Gasteiger charge is -2.04. The number of nitrogens with one attached hydrogen (secondary N) is 1. The van der Waals surface area contributed by atoms with E-state index in [1.165, 1.54) is 0 Å². The zero-order valence-corrected chi connectivity index (χ0v) is 12.6. The molecule has 0 aromatic carbocycles. The number of aromatic nitrogens is 2. The summed E-state index contributed by atoms with van der Waals surface area (Å²) in [5.41, 5.74) is 2.12. The van der Waals surface area contributed by atoms with E-state index in [9.17, 15) is 0 Å². The third-order valence-corrected chi connectivity index (χ3v) is 3.49. The van der Waals surface area contributed by atoms with E-state index in [0.717, 1.165) is 29.3 Å². The van der Waals surface area contributed by atoms with E-state index in [1.807, 2.05) is 18.5 Å². The summed E-state index contributed by atoms with van der Waals surface area (Å²) in [5.74, 6) is 1.89. The number of rotatable bonds is 5. The summed E-state index contributed by atoms with van der Waals surface area (Å²) in [6.07, 6.45) is 1.67. The molecule has 0 aliphatic carbocycles. The van der Waals surface area contributed by atoms with E-state index < -0.39 is 0 Å². The molecule has 0 unspecified atom stereocenters. The Balaban J connectivity index is 2.10. The maximum Gasteiger partial charge on any atom is 0.118 e. The monoisotopic (exact) mass is 281 g/mol. The van der Waals surface area contributed by atoms with E-state index in [4.69, 9.17) is 16.0 Å². The van der Waals surface area contributed by atoms with Gasteiger partial charge in [0.25, 0.3) is 0 Å². The minimum Gasteiger partial charge on any atom is -0.465 e. The predicted octanol–water partition coefficient (Wildman–Crippen LogP) is 3.29. The summed E-state index contributed by atoms with van der Waals surface area (Å²) in [6, 6.07) is 2.53. The van der Waals surface area contributed by atoms with Crippen molar-refractivity contribution in [3.63, 3.8) is 0 Å². The second kappa shape index (κ2) is 5.80. The van der Waals surface area contributed by atoms with Gasteiger partial charge in [-0.25, -0.2) is 0 Å². The Morgan fingerprint density at radius 2 is 2.16 bits per heavy atom. The van der Waals surface area contributed by atoms with Gasteiger partial charge in [-0.05, 0) is 19.9 Å². The van der Waals surface area contributed by atoms with Crippen molar-refractivity contribution in [2.24, 2.45) is 0 Å². The van der Waals surface area contributed by atoms with E-state index >= 15 is 0 Å². The molecule has 2 heterocycles. The fraction of sp³-hybridized carbons (Fsp3) is 0.500.